The van der Waals surface area contributed by atoms with Crippen molar-refractivity contribution in [2.75, 3.05) is 68.4 Å². The van der Waals surface area contributed by atoms with Crippen molar-refractivity contribution >= 4 is 41.3 Å². The van der Waals surface area contributed by atoms with Gasteiger partial charge in [0.15, 0.2) is 0 Å². The second kappa shape index (κ2) is 15.7. The molecule has 0 radical (unpaired) electrons. The average molecular weight is 560 g/mol. The summed E-state index contributed by atoms with van der Waals surface area (Å²) in [5.41, 5.74) is 5.80. The third kappa shape index (κ3) is 11.9. The normalized spacial score (nSPS) is 11.8. The summed E-state index contributed by atoms with van der Waals surface area (Å²) in [6.45, 7) is 4.94. The number of carbonyl (C=O) groups excluding carboxylic acids is 2. The fourth-order valence-electron chi connectivity index (χ4n) is 4.31. The van der Waals surface area contributed by atoms with E-state index in [2.05, 4.69) is 118 Å². The summed E-state index contributed by atoms with van der Waals surface area (Å²) in [5, 5.41) is 5.21. The first-order valence-electron chi connectivity index (χ1n) is 12.8. The molecule has 0 aliphatic rings. The van der Waals surface area contributed by atoms with Crippen molar-refractivity contribution in [1.29, 1.82) is 0 Å². The Kier molecular flexibility index (Phi) is 13.4. The summed E-state index contributed by atoms with van der Waals surface area (Å²) in [6.07, 6.45) is 0. The van der Waals surface area contributed by atoms with Gasteiger partial charge >= 0.3 is 0 Å². The Balaban J connectivity index is 2.60. The zero-order valence-corrected chi connectivity index (χ0v) is 26.4. The molecule has 7 nitrogen and oxygen atoms in total. The molecule has 0 saturated carbocycles. The lowest BCUT2D eigenvalue weighted by Gasteiger charge is -2.24. The van der Waals surface area contributed by atoms with E-state index in [-0.39, 0.29) is 17.6 Å². The smallest absolute Gasteiger partial charge is 0.217 e. The Bertz CT molecular complexity index is 951. The SMILES string of the molecule is CC(=O)NCC(=O)SCP(c1cc(CN(C)C)cc(CN(C)C)c1)c1cc(CN(C)C)cc(CN(C)C)c1. The molecular weight excluding hydrogens is 513 g/mol. The van der Waals surface area contributed by atoms with Crippen LogP contribution >= 0.6 is 19.7 Å². The number of hydrogen-bond acceptors (Lipinski definition) is 7. The highest BCUT2D eigenvalue weighted by Gasteiger charge is 2.20. The van der Waals surface area contributed by atoms with E-state index in [4.69, 9.17) is 0 Å². The van der Waals surface area contributed by atoms with E-state index in [9.17, 15) is 9.59 Å². The Labute approximate surface area is 235 Å². The summed E-state index contributed by atoms with van der Waals surface area (Å²) >= 11 is 1.33. The first-order chi connectivity index (χ1) is 17.8. The van der Waals surface area contributed by atoms with Gasteiger partial charge in [-0.15, -0.1) is 0 Å². The molecule has 0 bridgehead atoms. The zero-order chi connectivity index (χ0) is 28.4. The molecule has 0 aliphatic carbocycles. The zero-order valence-electron chi connectivity index (χ0n) is 24.7. The van der Waals surface area contributed by atoms with Gasteiger partial charge in [0.25, 0.3) is 0 Å². The van der Waals surface area contributed by atoms with Gasteiger partial charge in [0.05, 0.1) is 6.54 Å². The molecule has 2 aromatic carbocycles. The quantitative estimate of drug-likeness (QED) is 0.357. The van der Waals surface area contributed by atoms with Crippen LogP contribution in [0.2, 0.25) is 0 Å². The first-order valence-corrected chi connectivity index (χ1v) is 15.4. The fraction of sp³-hybridized carbons (Fsp3) is 0.517. The predicted octanol–water partition coefficient (Wildman–Crippen LogP) is 2.72. The molecule has 2 aromatic rings. The molecule has 0 unspecified atom stereocenters. The van der Waals surface area contributed by atoms with Crippen LogP contribution in [-0.2, 0) is 35.8 Å². The molecule has 0 saturated heterocycles. The minimum atomic E-state index is -0.819. The topological polar surface area (TPSA) is 59.1 Å². The number of amides is 1. The second-order valence-corrected chi connectivity index (χ2v) is 14.6. The van der Waals surface area contributed by atoms with Crippen molar-refractivity contribution < 1.29 is 9.59 Å². The summed E-state index contributed by atoms with van der Waals surface area (Å²) in [6, 6.07) is 13.9. The standard InChI is InChI=1S/C29H46N5O2PS/c1-22(35)30-16-29(36)38-21-37(27-12-23(17-31(2)3)10-24(13-27)18-32(4)5)28-14-25(19-33(6)7)11-26(15-28)20-34(8)9/h10-15H,16-21H2,1-9H3,(H,30,35). The van der Waals surface area contributed by atoms with Crippen molar-refractivity contribution in [3.05, 3.63) is 58.7 Å². The van der Waals surface area contributed by atoms with Gasteiger partial charge in [0.2, 0.25) is 11.0 Å². The average Bonchev–Trinajstić information content (AvgIpc) is 2.75. The van der Waals surface area contributed by atoms with Gasteiger partial charge in [0, 0.05) is 38.6 Å². The van der Waals surface area contributed by atoms with Crippen LogP contribution in [0, 0.1) is 0 Å². The molecular formula is C29H46N5O2PS. The molecule has 1 amide bonds. The molecule has 0 spiro atoms. The lowest BCUT2D eigenvalue weighted by molar-refractivity contribution is -0.121. The van der Waals surface area contributed by atoms with Crippen molar-refractivity contribution in [1.82, 2.24) is 24.9 Å². The highest BCUT2D eigenvalue weighted by molar-refractivity contribution is 8.18. The minimum Gasteiger partial charge on any atom is -0.348 e. The van der Waals surface area contributed by atoms with Crippen LogP contribution in [0.3, 0.4) is 0 Å². The Morgan fingerprint density at radius 2 is 1.00 bits per heavy atom. The number of thioether (sulfide) groups is 1. The van der Waals surface area contributed by atoms with Gasteiger partial charge in [-0.3, -0.25) is 9.59 Å². The Morgan fingerprint density at radius 3 is 1.29 bits per heavy atom. The van der Waals surface area contributed by atoms with Crippen molar-refractivity contribution in [3.8, 4) is 0 Å². The third-order valence-corrected chi connectivity index (χ3v) is 9.31. The molecule has 38 heavy (non-hydrogen) atoms. The number of benzene rings is 2. The molecule has 9 heteroatoms. The minimum absolute atomic E-state index is 0.0105. The lowest BCUT2D eigenvalue weighted by atomic mass is 10.1. The van der Waals surface area contributed by atoms with Crippen LogP contribution in [0.15, 0.2) is 36.4 Å². The number of hydrogen-bond donors (Lipinski definition) is 1. The molecule has 210 valence electrons. The summed E-state index contributed by atoms with van der Waals surface area (Å²) in [7, 11) is 15.9. The first kappa shape index (κ1) is 32.4. The van der Waals surface area contributed by atoms with E-state index in [1.165, 1.54) is 51.5 Å². The van der Waals surface area contributed by atoms with E-state index in [0.717, 1.165) is 26.2 Å². The maximum Gasteiger partial charge on any atom is 0.217 e. The van der Waals surface area contributed by atoms with Crippen molar-refractivity contribution in [3.63, 3.8) is 0 Å². The molecule has 2 rings (SSSR count). The van der Waals surface area contributed by atoms with E-state index >= 15 is 0 Å². The van der Waals surface area contributed by atoms with E-state index in [1.54, 1.807) is 0 Å². The van der Waals surface area contributed by atoms with Gasteiger partial charge in [-0.05, 0) is 121 Å². The number of rotatable bonds is 14. The van der Waals surface area contributed by atoms with Gasteiger partial charge in [-0.1, -0.05) is 23.9 Å². The summed E-state index contributed by atoms with van der Waals surface area (Å²) in [4.78, 5) is 32.8. The molecule has 0 aliphatic heterocycles. The monoisotopic (exact) mass is 559 g/mol. The Hall–Kier alpha value is -1.80. The maximum absolute atomic E-state index is 12.7. The number of carbonyl (C=O) groups is 2. The molecule has 0 fully saturated rings. The van der Waals surface area contributed by atoms with Crippen LogP contribution in [0.5, 0.6) is 0 Å². The van der Waals surface area contributed by atoms with E-state index in [0.29, 0.717) is 5.49 Å². The predicted molar refractivity (Wildman–Crippen MR) is 165 cm³/mol. The lowest BCUT2D eigenvalue weighted by Crippen LogP contribution is -2.26. The molecule has 0 aromatic heterocycles. The largest absolute Gasteiger partial charge is 0.348 e. The van der Waals surface area contributed by atoms with Crippen LogP contribution < -0.4 is 15.9 Å². The van der Waals surface area contributed by atoms with Gasteiger partial charge in [-0.25, -0.2) is 0 Å². The fourth-order valence-corrected chi connectivity index (χ4v) is 8.35. The van der Waals surface area contributed by atoms with Gasteiger partial charge in [-0.2, -0.15) is 0 Å². The second-order valence-electron chi connectivity index (χ2n) is 10.9. The highest BCUT2D eigenvalue weighted by Crippen LogP contribution is 2.39. The van der Waals surface area contributed by atoms with Crippen LogP contribution in [0.1, 0.15) is 29.2 Å². The number of nitrogens with zero attached hydrogens (tertiary/aromatic N) is 4. The van der Waals surface area contributed by atoms with Crippen molar-refractivity contribution in [2.45, 2.75) is 33.1 Å². The molecule has 1 N–H and O–H groups in total. The van der Waals surface area contributed by atoms with E-state index in [1.807, 2.05) is 0 Å². The molecule has 0 atom stereocenters. The maximum atomic E-state index is 12.7. The van der Waals surface area contributed by atoms with Crippen molar-refractivity contribution in [2.24, 2.45) is 0 Å². The third-order valence-electron chi connectivity index (χ3n) is 5.53. The summed E-state index contributed by atoms with van der Waals surface area (Å²) < 4.78 is 0. The Morgan fingerprint density at radius 1 is 0.658 bits per heavy atom. The molecule has 0 heterocycles. The number of nitrogens with one attached hydrogen (secondary N) is 1. The van der Waals surface area contributed by atoms with Gasteiger partial charge in [0.1, 0.15) is 0 Å². The van der Waals surface area contributed by atoms with Crippen LogP contribution in [0.4, 0.5) is 0 Å². The summed E-state index contributed by atoms with van der Waals surface area (Å²) in [5.74, 6) is -0.185. The van der Waals surface area contributed by atoms with Crippen LogP contribution in [0.25, 0.3) is 0 Å². The van der Waals surface area contributed by atoms with Crippen LogP contribution in [-0.4, -0.2) is 99.0 Å². The van der Waals surface area contributed by atoms with Gasteiger partial charge < -0.3 is 24.9 Å². The highest BCUT2D eigenvalue weighted by atomic mass is 32.2. The van der Waals surface area contributed by atoms with E-state index < -0.39 is 7.92 Å².